The van der Waals surface area contributed by atoms with Gasteiger partial charge in [0, 0.05) is 13.5 Å². The summed E-state index contributed by atoms with van der Waals surface area (Å²) in [6.07, 6.45) is -0.300. The van der Waals surface area contributed by atoms with Gasteiger partial charge in [-0.25, -0.2) is 9.59 Å². The Bertz CT molecular complexity index is 798. The highest BCUT2D eigenvalue weighted by Crippen LogP contribution is 2.37. The van der Waals surface area contributed by atoms with Crippen LogP contribution in [0.25, 0.3) is 0 Å². The van der Waals surface area contributed by atoms with Crippen molar-refractivity contribution in [1.29, 1.82) is 0 Å². The van der Waals surface area contributed by atoms with Gasteiger partial charge < -0.3 is 19.1 Å². The van der Waals surface area contributed by atoms with Gasteiger partial charge in [-0.3, -0.25) is 9.69 Å². The van der Waals surface area contributed by atoms with E-state index in [9.17, 15) is 14.4 Å². The number of anilines is 1. The maximum atomic E-state index is 12.6. The van der Waals surface area contributed by atoms with Crippen molar-refractivity contribution in [2.24, 2.45) is 0 Å². The molecule has 0 spiro atoms. The van der Waals surface area contributed by atoms with Crippen LogP contribution in [0.1, 0.15) is 31.9 Å². The molecular formula is C19H24N2O6. The second kappa shape index (κ2) is 6.75. The number of benzene rings is 1. The number of hydrogen-bond acceptors (Lipinski definition) is 6. The molecule has 1 aromatic rings. The van der Waals surface area contributed by atoms with E-state index in [1.165, 1.54) is 16.9 Å². The number of hydrogen-bond donors (Lipinski definition) is 0. The van der Waals surface area contributed by atoms with Gasteiger partial charge in [-0.05, 0) is 44.0 Å². The molecule has 0 unspecified atom stereocenters. The Balaban J connectivity index is 1.97. The van der Waals surface area contributed by atoms with E-state index in [1.54, 1.807) is 27.8 Å². The summed E-state index contributed by atoms with van der Waals surface area (Å²) in [5.74, 6) is -0.0698. The van der Waals surface area contributed by atoms with Gasteiger partial charge in [-0.1, -0.05) is 0 Å². The highest BCUT2D eigenvalue weighted by molar-refractivity contribution is 5.97. The molecule has 3 rings (SSSR count). The molecule has 1 atom stereocenters. The van der Waals surface area contributed by atoms with Crippen molar-refractivity contribution >= 4 is 23.7 Å². The predicted molar refractivity (Wildman–Crippen MR) is 96.6 cm³/mol. The lowest BCUT2D eigenvalue weighted by Gasteiger charge is -2.37. The molecule has 27 heavy (non-hydrogen) atoms. The van der Waals surface area contributed by atoms with Gasteiger partial charge in [-0.15, -0.1) is 0 Å². The summed E-state index contributed by atoms with van der Waals surface area (Å²) in [5, 5.41) is 0. The first kappa shape index (κ1) is 19.0. The Kier molecular flexibility index (Phi) is 4.75. The molecule has 0 bridgehead atoms. The van der Waals surface area contributed by atoms with E-state index in [2.05, 4.69) is 0 Å². The molecule has 2 heterocycles. The smallest absolute Gasteiger partial charge is 0.411 e. The molecule has 0 fully saturated rings. The van der Waals surface area contributed by atoms with E-state index in [-0.39, 0.29) is 25.5 Å². The summed E-state index contributed by atoms with van der Waals surface area (Å²) < 4.78 is 15.9. The summed E-state index contributed by atoms with van der Waals surface area (Å²) in [4.78, 5) is 39.7. The third kappa shape index (κ3) is 3.70. The van der Waals surface area contributed by atoms with Gasteiger partial charge in [0.2, 0.25) is 0 Å². The molecule has 0 saturated heterocycles. The van der Waals surface area contributed by atoms with Crippen LogP contribution in [0.4, 0.5) is 10.5 Å². The molecule has 1 aromatic carbocycles. The summed E-state index contributed by atoms with van der Waals surface area (Å²) in [6, 6.07) is 2.86. The van der Waals surface area contributed by atoms with Gasteiger partial charge in [0.25, 0.3) is 5.91 Å². The Morgan fingerprint density at radius 3 is 2.56 bits per heavy atom. The van der Waals surface area contributed by atoms with Crippen LogP contribution in [0, 0.1) is 0 Å². The Hall–Kier alpha value is -2.77. The monoisotopic (exact) mass is 376 g/mol. The summed E-state index contributed by atoms with van der Waals surface area (Å²) in [6.45, 7) is 5.48. The number of ether oxygens (including phenoxy) is 3. The van der Waals surface area contributed by atoms with Crippen LogP contribution in [0.2, 0.25) is 0 Å². The molecule has 0 aliphatic carbocycles. The normalized spacial score (nSPS) is 19.0. The minimum absolute atomic E-state index is 0.0249. The van der Waals surface area contributed by atoms with Crippen molar-refractivity contribution in [3.05, 3.63) is 23.3 Å². The minimum atomic E-state index is -0.791. The quantitative estimate of drug-likeness (QED) is 0.696. The van der Waals surface area contributed by atoms with Crippen LogP contribution in [0.5, 0.6) is 5.75 Å². The Morgan fingerprint density at radius 1 is 1.22 bits per heavy atom. The number of nitrogens with zero attached hydrogens (tertiary/aromatic N) is 2. The van der Waals surface area contributed by atoms with Crippen molar-refractivity contribution < 1.29 is 28.6 Å². The second-order valence-corrected chi connectivity index (χ2v) is 7.68. The molecule has 8 nitrogen and oxygen atoms in total. The number of amides is 2. The maximum absolute atomic E-state index is 12.6. The van der Waals surface area contributed by atoms with E-state index in [0.717, 1.165) is 11.1 Å². The van der Waals surface area contributed by atoms with Crippen molar-refractivity contribution in [3.63, 3.8) is 0 Å². The fraction of sp³-hybridized carbons (Fsp3) is 0.526. The summed E-state index contributed by atoms with van der Waals surface area (Å²) in [5.41, 5.74) is 1.69. The van der Waals surface area contributed by atoms with Crippen LogP contribution in [0.3, 0.4) is 0 Å². The van der Waals surface area contributed by atoms with Crippen molar-refractivity contribution in [2.75, 3.05) is 25.7 Å². The number of rotatable bonds is 1. The lowest BCUT2D eigenvalue weighted by atomic mass is 9.92. The van der Waals surface area contributed by atoms with Crippen molar-refractivity contribution in [3.8, 4) is 5.75 Å². The zero-order chi connectivity index (χ0) is 19.9. The molecule has 2 aliphatic heterocycles. The molecular weight excluding hydrogens is 352 g/mol. The van der Waals surface area contributed by atoms with Crippen LogP contribution in [0.15, 0.2) is 12.1 Å². The van der Waals surface area contributed by atoms with Crippen molar-refractivity contribution in [1.82, 2.24) is 4.90 Å². The van der Waals surface area contributed by atoms with Crippen LogP contribution in [-0.2, 0) is 32.0 Å². The van der Waals surface area contributed by atoms with Gasteiger partial charge in [0.05, 0.1) is 19.3 Å². The highest BCUT2D eigenvalue weighted by atomic mass is 16.6. The molecule has 2 aliphatic rings. The molecule has 0 N–H and O–H groups in total. The minimum Gasteiger partial charge on any atom is -0.482 e. The summed E-state index contributed by atoms with van der Waals surface area (Å²) in [7, 11) is 2.97. The zero-order valence-corrected chi connectivity index (χ0v) is 16.2. The number of esters is 1. The fourth-order valence-electron chi connectivity index (χ4n) is 3.21. The fourth-order valence-corrected chi connectivity index (χ4v) is 3.21. The number of fused-ring (bicyclic) bond motifs is 2. The van der Waals surface area contributed by atoms with Crippen LogP contribution in [-0.4, -0.2) is 55.3 Å². The van der Waals surface area contributed by atoms with E-state index >= 15 is 0 Å². The van der Waals surface area contributed by atoms with Crippen LogP contribution >= 0.6 is 0 Å². The SMILES string of the molecule is COC(=O)[C@@H]1Cc2cc3c(cc2CN1C(=O)OC(C)(C)C)OCC(=O)N3C. The van der Waals surface area contributed by atoms with Gasteiger partial charge in [0.1, 0.15) is 17.4 Å². The summed E-state index contributed by atoms with van der Waals surface area (Å²) >= 11 is 0. The number of methoxy groups -OCH3 is 1. The van der Waals surface area contributed by atoms with Crippen LogP contribution < -0.4 is 9.64 Å². The largest absolute Gasteiger partial charge is 0.482 e. The molecule has 146 valence electrons. The third-order valence-corrected chi connectivity index (χ3v) is 4.60. The van der Waals surface area contributed by atoms with Crippen molar-refractivity contribution in [2.45, 2.75) is 45.4 Å². The highest BCUT2D eigenvalue weighted by Gasteiger charge is 2.39. The van der Waals surface area contributed by atoms with Gasteiger partial charge in [0.15, 0.2) is 6.61 Å². The first-order chi connectivity index (χ1) is 12.6. The Morgan fingerprint density at radius 2 is 1.93 bits per heavy atom. The van der Waals surface area contributed by atoms with E-state index in [0.29, 0.717) is 11.4 Å². The number of likely N-dealkylation sites (N-methyl/N-ethyl adjacent to an activating group) is 1. The first-order valence-corrected chi connectivity index (χ1v) is 8.73. The third-order valence-electron chi connectivity index (χ3n) is 4.60. The topological polar surface area (TPSA) is 85.4 Å². The molecule has 0 aromatic heterocycles. The van der Waals surface area contributed by atoms with Gasteiger partial charge >= 0.3 is 12.1 Å². The lowest BCUT2D eigenvalue weighted by molar-refractivity contribution is -0.147. The predicted octanol–water partition coefficient (Wildman–Crippen LogP) is 1.88. The Labute approximate surface area is 158 Å². The number of carbonyl (C=O) groups excluding carboxylic acids is 3. The van der Waals surface area contributed by atoms with E-state index in [1.807, 2.05) is 12.1 Å². The first-order valence-electron chi connectivity index (χ1n) is 8.73. The maximum Gasteiger partial charge on any atom is 0.411 e. The zero-order valence-electron chi connectivity index (χ0n) is 16.2. The second-order valence-electron chi connectivity index (χ2n) is 7.68. The molecule has 2 amide bonds. The van der Waals surface area contributed by atoms with E-state index < -0.39 is 23.7 Å². The van der Waals surface area contributed by atoms with E-state index in [4.69, 9.17) is 14.2 Å². The molecule has 8 heteroatoms. The van der Waals surface area contributed by atoms with Gasteiger partial charge in [-0.2, -0.15) is 0 Å². The standard InChI is InChI=1S/C19H24N2O6/c1-19(2,3)27-18(24)21-9-12-8-15-13(20(4)16(22)10-26-15)6-11(12)7-14(21)17(23)25-5/h6,8,14H,7,9-10H2,1-5H3/t14-/m0/s1. The number of carbonyl (C=O) groups is 3. The average molecular weight is 376 g/mol. The molecule has 0 radical (unpaired) electrons. The average Bonchev–Trinajstić information content (AvgIpc) is 2.60. The lowest BCUT2D eigenvalue weighted by Crippen LogP contribution is -2.50. The molecule has 0 saturated carbocycles.